The van der Waals surface area contributed by atoms with Gasteiger partial charge in [-0.15, -0.1) is 0 Å². The predicted octanol–water partition coefficient (Wildman–Crippen LogP) is 1.86. The van der Waals surface area contributed by atoms with Crippen molar-refractivity contribution in [3.8, 4) is 0 Å². The molecule has 1 atom stereocenters. The van der Waals surface area contributed by atoms with Crippen molar-refractivity contribution in [3.05, 3.63) is 0 Å². The van der Waals surface area contributed by atoms with Gasteiger partial charge in [0.05, 0.1) is 0 Å². The Bertz CT molecular complexity index is 117. The van der Waals surface area contributed by atoms with Crippen LogP contribution in [0.2, 0.25) is 0 Å². The lowest BCUT2D eigenvalue weighted by atomic mass is 10.1. The van der Waals surface area contributed by atoms with E-state index >= 15 is 0 Å². The van der Waals surface area contributed by atoms with Crippen LogP contribution in [0.25, 0.3) is 0 Å². The molecule has 13 heavy (non-hydrogen) atoms. The van der Waals surface area contributed by atoms with E-state index in [4.69, 9.17) is 0 Å². The summed E-state index contributed by atoms with van der Waals surface area (Å²) in [5.74, 6) is 0. The number of piperidine rings is 1. The van der Waals surface area contributed by atoms with Gasteiger partial charge in [-0.25, -0.2) is 0 Å². The number of hydrogen-bond donors (Lipinski definition) is 1. The first-order chi connectivity index (χ1) is 6.36. The fourth-order valence-corrected chi connectivity index (χ4v) is 2.13. The smallest absolute Gasteiger partial charge is 0.0191 e. The average molecular weight is 184 g/mol. The van der Waals surface area contributed by atoms with Gasteiger partial charge in [0, 0.05) is 12.6 Å². The maximum atomic E-state index is 3.41. The molecule has 0 aromatic rings. The third kappa shape index (κ3) is 4.10. The molecular formula is C11H24N2. The van der Waals surface area contributed by atoms with E-state index in [9.17, 15) is 0 Å². The zero-order chi connectivity index (χ0) is 9.52. The average Bonchev–Trinajstić information content (AvgIpc) is 2.19. The summed E-state index contributed by atoms with van der Waals surface area (Å²) in [4.78, 5) is 2.61. The number of likely N-dealkylation sites (tertiary alicyclic amines) is 1. The second kappa shape index (κ2) is 6.39. The topological polar surface area (TPSA) is 15.3 Å². The molecule has 0 spiro atoms. The van der Waals surface area contributed by atoms with Crippen LogP contribution in [-0.2, 0) is 0 Å². The summed E-state index contributed by atoms with van der Waals surface area (Å²) in [5.41, 5.74) is 0. The standard InChI is InChI=1S/C11H24N2/c1-3-7-11(12-2)10-13-8-5-4-6-9-13/h11-12H,3-10H2,1-2H3. The highest BCUT2D eigenvalue weighted by Gasteiger charge is 2.13. The third-order valence-corrected chi connectivity index (χ3v) is 2.97. The lowest BCUT2D eigenvalue weighted by molar-refractivity contribution is 0.204. The normalized spacial score (nSPS) is 21.7. The molecule has 2 heteroatoms. The summed E-state index contributed by atoms with van der Waals surface area (Å²) >= 11 is 0. The molecule has 0 radical (unpaired) electrons. The van der Waals surface area contributed by atoms with Gasteiger partial charge >= 0.3 is 0 Å². The van der Waals surface area contributed by atoms with Gasteiger partial charge in [-0.05, 0) is 39.4 Å². The molecule has 0 saturated carbocycles. The summed E-state index contributed by atoms with van der Waals surface area (Å²) in [7, 11) is 2.09. The summed E-state index contributed by atoms with van der Waals surface area (Å²) in [6.45, 7) is 6.16. The van der Waals surface area contributed by atoms with Crippen LogP contribution < -0.4 is 5.32 Å². The summed E-state index contributed by atoms with van der Waals surface area (Å²) < 4.78 is 0. The number of likely N-dealkylation sites (N-methyl/N-ethyl adjacent to an activating group) is 1. The highest BCUT2D eigenvalue weighted by molar-refractivity contribution is 4.72. The Morgan fingerprint density at radius 1 is 1.23 bits per heavy atom. The Labute approximate surface area is 82.7 Å². The van der Waals surface area contributed by atoms with Crippen molar-refractivity contribution in [2.75, 3.05) is 26.7 Å². The summed E-state index contributed by atoms with van der Waals surface area (Å²) in [6, 6.07) is 0.711. The van der Waals surface area contributed by atoms with Crippen molar-refractivity contribution in [2.45, 2.75) is 45.1 Å². The van der Waals surface area contributed by atoms with Crippen molar-refractivity contribution in [2.24, 2.45) is 0 Å². The number of nitrogens with zero attached hydrogens (tertiary/aromatic N) is 1. The molecule has 1 rings (SSSR count). The monoisotopic (exact) mass is 184 g/mol. The van der Waals surface area contributed by atoms with Gasteiger partial charge in [0.25, 0.3) is 0 Å². The lowest BCUT2D eigenvalue weighted by Gasteiger charge is -2.30. The van der Waals surface area contributed by atoms with Crippen molar-refractivity contribution in [1.29, 1.82) is 0 Å². The summed E-state index contributed by atoms with van der Waals surface area (Å²) in [5, 5.41) is 3.41. The molecule has 0 bridgehead atoms. The maximum absolute atomic E-state index is 3.41. The molecule has 1 unspecified atom stereocenters. The molecule has 1 fully saturated rings. The number of rotatable bonds is 5. The molecule has 0 aliphatic carbocycles. The Morgan fingerprint density at radius 3 is 2.46 bits per heavy atom. The van der Waals surface area contributed by atoms with Gasteiger partial charge in [0.2, 0.25) is 0 Å². The van der Waals surface area contributed by atoms with Crippen LogP contribution in [0.4, 0.5) is 0 Å². The van der Waals surface area contributed by atoms with Gasteiger partial charge < -0.3 is 10.2 Å². The Hall–Kier alpha value is -0.0800. The van der Waals surface area contributed by atoms with Crippen molar-refractivity contribution in [1.82, 2.24) is 10.2 Å². The predicted molar refractivity (Wildman–Crippen MR) is 58.0 cm³/mol. The fraction of sp³-hybridized carbons (Fsp3) is 1.00. The van der Waals surface area contributed by atoms with Gasteiger partial charge in [0.1, 0.15) is 0 Å². The zero-order valence-corrected chi connectivity index (χ0v) is 9.18. The van der Waals surface area contributed by atoms with E-state index in [2.05, 4.69) is 24.2 Å². The van der Waals surface area contributed by atoms with Crippen LogP contribution in [0.5, 0.6) is 0 Å². The molecule has 0 aromatic carbocycles. The van der Waals surface area contributed by atoms with Crippen molar-refractivity contribution >= 4 is 0 Å². The van der Waals surface area contributed by atoms with Crippen LogP contribution in [0.1, 0.15) is 39.0 Å². The Balaban J connectivity index is 2.18. The van der Waals surface area contributed by atoms with Gasteiger partial charge in [0.15, 0.2) is 0 Å². The maximum Gasteiger partial charge on any atom is 0.0191 e. The highest BCUT2D eigenvalue weighted by Crippen LogP contribution is 2.10. The quantitative estimate of drug-likeness (QED) is 0.701. The first kappa shape index (κ1) is 11.0. The third-order valence-electron chi connectivity index (χ3n) is 2.97. The Morgan fingerprint density at radius 2 is 1.92 bits per heavy atom. The van der Waals surface area contributed by atoms with E-state index in [1.807, 2.05) is 0 Å². The molecule has 2 nitrogen and oxygen atoms in total. The van der Waals surface area contributed by atoms with Crippen LogP contribution in [0, 0.1) is 0 Å². The van der Waals surface area contributed by atoms with Gasteiger partial charge in [-0.1, -0.05) is 19.8 Å². The molecule has 0 amide bonds. The number of nitrogens with one attached hydrogen (secondary N) is 1. The highest BCUT2D eigenvalue weighted by atomic mass is 15.1. The van der Waals surface area contributed by atoms with E-state index < -0.39 is 0 Å². The molecular weight excluding hydrogens is 160 g/mol. The lowest BCUT2D eigenvalue weighted by Crippen LogP contribution is -2.41. The zero-order valence-electron chi connectivity index (χ0n) is 9.18. The van der Waals surface area contributed by atoms with Crippen molar-refractivity contribution in [3.63, 3.8) is 0 Å². The molecule has 0 aromatic heterocycles. The molecule has 1 saturated heterocycles. The van der Waals surface area contributed by atoms with Crippen LogP contribution in [0.3, 0.4) is 0 Å². The minimum atomic E-state index is 0.711. The molecule has 1 aliphatic heterocycles. The summed E-state index contributed by atoms with van der Waals surface area (Å²) in [6.07, 6.45) is 6.85. The molecule has 1 heterocycles. The van der Waals surface area contributed by atoms with Crippen LogP contribution in [-0.4, -0.2) is 37.6 Å². The SMILES string of the molecule is CCCC(CN1CCCCC1)NC. The second-order valence-electron chi connectivity index (χ2n) is 4.14. The molecule has 78 valence electrons. The van der Waals surface area contributed by atoms with Crippen molar-refractivity contribution < 1.29 is 0 Å². The second-order valence-corrected chi connectivity index (χ2v) is 4.14. The van der Waals surface area contributed by atoms with Crippen LogP contribution in [0.15, 0.2) is 0 Å². The first-order valence-electron chi connectivity index (χ1n) is 5.76. The Kier molecular flexibility index (Phi) is 5.40. The minimum Gasteiger partial charge on any atom is -0.316 e. The van der Waals surface area contributed by atoms with E-state index in [1.54, 1.807) is 0 Å². The minimum absolute atomic E-state index is 0.711. The van der Waals surface area contributed by atoms with Gasteiger partial charge in [-0.2, -0.15) is 0 Å². The molecule has 1 aliphatic rings. The number of hydrogen-bond acceptors (Lipinski definition) is 2. The first-order valence-corrected chi connectivity index (χ1v) is 5.76. The van der Waals surface area contributed by atoms with E-state index in [1.165, 1.54) is 51.7 Å². The van der Waals surface area contributed by atoms with E-state index in [-0.39, 0.29) is 0 Å². The molecule has 1 N–H and O–H groups in total. The fourth-order valence-electron chi connectivity index (χ4n) is 2.13. The van der Waals surface area contributed by atoms with E-state index in [0.29, 0.717) is 6.04 Å². The van der Waals surface area contributed by atoms with E-state index in [0.717, 1.165) is 0 Å². The largest absolute Gasteiger partial charge is 0.316 e. The van der Waals surface area contributed by atoms with Crippen LogP contribution >= 0.6 is 0 Å². The van der Waals surface area contributed by atoms with Gasteiger partial charge in [-0.3, -0.25) is 0 Å².